The summed E-state index contributed by atoms with van der Waals surface area (Å²) in [5.74, 6) is -1.02. The molecule has 3 aromatic carbocycles. The molecule has 7 heteroatoms. The van der Waals surface area contributed by atoms with E-state index >= 15 is 0 Å². The minimum atomic E-state index is -0.818. The summed E-state index contributed by atoms with van der Waals surface area (Å²) < 4.78 is 6.41. The number of anilines is 1. The van der Waals surface area contributed by atoms with Crippen molar-refractivity contribution >= 4 is 44.1 Å². The maximum Gasteiger partial charge on any atom is 0.301 e. The summed E-state index contributed by atoms with van der Waals surface area (Å²) in [5, 5.41) is 11.8. The van der Waals surface area contributed by atoms with Crippen LogP contribution in [0.1, 0.15) is 50.4 Å². The number of ether oxygens (including phenoxy) is 1. The van der Waals surface area contributed by atoms with Gasteiger partial charge in [0.25, 0.3) is 5.78 Å². The van der Waals surface area contributed by atoms with Crippen LogP contribution in [0.5, 0.6) is 5.75 Å². The Labute approximate surface area is 219 Å². The molecule has 1 amide bonds. The minimum Gasteiger partial charge on any atom is -0.507 e. The molecule has 0 saturated carbocycles. The van der Waals surface area contributed by atoms with Gasteiger partial charge >= 0.3 is 5.91 Å². The molecule has 2 heterocycles. The topological polar surface area (TPSA) is 79.7 Å². The Morgan fingerprint density at radius 2 is 1.68 bits per heavy atom. The highest BCUT2D eigenvalue weighted by Gasteiger charge is 2.48. The fraction of sp³-hybridized carbons (Fsp3) is 0.233. The van der Waals surface area contributed by atoms with Gasteiger partial charge in [0.15, 0.2) is 5.13 Å². The predicted molar refractivity (Wildman–Crippen MR) is 147 cm³/mol. The Bertz CT molecular complexity index is 1480. The molecule has 188 valence electrons. The molecule has 0 aliphatic carbocycles. The van der Waals surface area contributed by atoms with E-state index < -0.39 is 17.7 Å². The van der Waals surface area contributed by atoms with Crippen LogP contribution in [0.3, 0.4) is 0 Å². The average Bonchev–Trinajstić information content (AvgIpc) is 3.42. The van der Waals surface area contributed by atoms with Crippen molar-refractivity contribution < 1.29 is 19.4 Å². The predicted octanol–water partition coefficient (Wildman–Crippen LogP) is 6.62. The number of nitrogens with zero attached hydrogens (tertiary/aromatic N) is 2. The van der Waals surface area contributed by atoms with E-state index in [1.165, 1.54) is 16.2 Å². The first kappa shape index (κ1) is 24.7. The molecule has 0 radical (unpaired) electrons. The zero-order chi connectivity index (χ0) is 26.3. The molecule has 6 nitrogen and oxygen atoms in total. The van der Waals surface area contributed by atoms with E-state index in [2.05, 4.69) is 25.8 Å². The number of Topliss-reactive ketones (excluding diaryl/α,β-unsaturated/α-hetero) is 1. The van der Waals surface area contributed by atoms with E-state index in [1.54, 1.807) is 24.3 Å². The summed E-state index contributed by atoms with van der Waals surface area (Å²) in [5.41, 5.74) is 3.01. The van der Waals surface area contributed by atoms with Crippen molar-refractivity contribution in [1.29, 1.82) is 0 Å². The van der Waals surface area contributed by atoms with Gasteiger partial charge in [0.05, 0.1) is 28.4 Å². The molecule has 1 N–H and O–H groups in total. The number of fused-ring (bicyclic) bond motifs is 1. The number of carbonyl (C=O) groups is 2. The van der Waals surface area contributed by atoms with Gasteiger partial charge in [-0.1, -0.05) is 68.5 Å². The molecule has 5 rings (SSSR count). The number of rotatable bonds is 5. The second kappa shape index (κ2) is 9.48. The van der Waals surface area contributed by atoms with E-state index in [0.717, 1.165) is 21.3 Å². The fourth-order valence-corrected chi connectivity index (χ4v) is 5.50. The second-order valence-corrected chi connectivity index (χ2v) is 11.0. The summed E-state index contributed by atoms with van der Waals surface area (Å²) >= 11 is 1.34. The van der Waals surface area contributed by atoms with Crippen LogP contribution in [0.25, 0.3) is 16.0 Å². The first-order chi connectivity index (χ1) is 17.7. The zero-order valence-electron chi connectivity index (χ0n) is 21.2. The number of aliphatic hydroxyl groups is 1. The Kier molecular flexibility index (Phi) is 6.33. The van der Waals surface area contributed by atoms with Crippen molar-refractivity contribution in [2.75, 3.05) is 11.5 Å². The Morgan fingerprint density at radius 1 is 1.00 bits per heavy atom. The fourth-order valence-electron chi connectivity index (χ4n) is 4.50. The molecule has 1 unspecified atom stereocenters. The molecular formula is C30H28N2O4S. The summed E-state index contributed by atoms with van der Waals surface area (Å²) in [6, 6.07) is 21.5. The quantitative estimate of drug-likeness (QED) is 0.185. The number of hydrogen-bond acceptors (Lipinski definition) is 6. The third-order valence-electron chi connectivity index (χ3n) is 6.46. The van der Waals surface area contributed by atoms with E-state index in [0.29, 0.717) is 23.1 Å². The molecular weight excluding hydrogens is 484 g/mol. The van der Waals surface area contributed by atoms with Crippen LogP contribution in [0.4, 0.5) is 5.13 Å². The van der Waals surface area contributed by atoms with Crippen LogP contribution in [-0.2, 0) is 15.0 Å². The van der Waals surface area contributed by atoms with Gasteiger partial charge in [-0.25, -0.2) is 4.98 Å². The van der Waals surface area contributed by atoms with Crippen molar-refractivity contribution in [2.24, 2.45) is 0 Å². The lowest BCUT2D eigenvalue weighted by atomic mass is 9.85. The Hall–Kier alpha value is -3.97. The normalized spacial score (nSPS) is 17.5. The highest BCUT2D eigenvalue weighted by atomic mass is 32.1. The van der Waals surface area contributed by atoms with Crippen LogP contribution in [0, 0.1) is 0 Å². The zero-order valence-corrected chi connectivity index (χ0v) is 22.0. The monoisotopic (exact) mass is 512 g/mol. The molecule has 1 saturated heterocycles. The maximum atomic E-state index is 13.5. The number of benzene rings is 3. The molecule has 0 bridgehead atoms. The Morgan fingerprint density at radius 3 is 2.30 bits per heavy atom. The summed E-state index contributed by atoms with van der Waals surface area (Å²) in [6.45, 7) is 8.79. The number of aliphatic hydroxyl groups excluding tert-OH is 1. The molecule has 1 aromatic heterocycles. The average molecular weight is 513 g/mol. The van der Waals surface area contributed by atoms with Crippen LogP contribution in [-0.4, -0.2) is 28.4 Å². The van der Waals surface area contributed by atoms with Crippen molar-refractivity contribution in [2.45, 2.75) is 39.2 Å². The first-order valence-electron chi connectivity index (χ1n) is 12.2. The van der Waals surface area contributed by atoms with Crippen LogP contribution >= 0.6 is 11.3 Å². The van der Waals surface area contributed by atoms with Gasteiger partial charge in [-0.3, -0.25) is 14.5 Å². The second-order valence-electron chi connectivity index (χ2n) is 9.96. The van der Waals surface area contributed by atoms with E-state index in [1.807, 2.05) is 55.5 Å². The van der Waals surface area contributed by atoms with E-state index in [9.17, 15) is 14.7 Å². The van der Waals surface area contributed by atoms with Gasteiger partial charge in [-0.15, -0.1) is 0 Å². The highest BCUT2D eigenvalue weighted by molar-refractivity contribution is 7.22. The van der Waals surface area contributed by atoms with Gasteiger partial charge in [0, 0.05) is 5.56 Å². The van der Waals surface area contributed by atoms with E-state index in [-0.39, 0.29) is 16.7 Å². The van der Waals surface area contributed by atoms with Crippen molar-refractivity contribution in [3.63, 3.8) is 0 Å². The van der Waals surface area contributed by atoms with Crippen molar-refractivity contribution in [3.05, 3.63) is 95.1 Å². The molecule has 1 aliphatic rings. The minimum absolute atomic E-state index is 0.0388. The number of thiazole rings is 1. The van der Waals surface area contributed by atoms with Gasteiger partial charge in [0.1, 0.15) is 11.5 Å². The largest absolute Gasteiger partial charge is 0.507 e. The molecule has 0 spiro atoms. The maximum absolute atomic E-state index is 13.5. The number of amides is 1. The summed E-state index contributed by atoms with van der Waals surface area (Å²) in [4.78, 5) is 33.0. The van der Waals surface area contributed by atoms with Crippen LogP contribution in [0.15, 0.2) is 78.4 Å². The van der Waals surface area contributed by atoms with Crippen molar-refractivity contribution in [1.82, 2.24) is 4.98 Å². The third-order valence-corrected chi connectivity index (χ3v) is 7.50. The number of hydrogen-bond donors (Lipinski definition) is 1. The van der Waals surface area contributed by atoms with Crippen molar-refractivity contribution in [3.8, 4) is 5.75 Å². The van der Waals surface area contributed by atoms with E-state index in [4.69, 9.17) is 4.74 Å². The first-order valence-corrected chi connectivity index (χ1v) is 13.0. The molecule has 1 atom stereocenters. The Balaban J connectivity index is 1.68. The highest BCUT2D eigenvalue weighted by Crippen LogP contribution is 2.44. The van der Waals surface area contributed by atoms with Gasteiger partial charge in [-0.2, -0.15) is 0 Å². The van der Waals surface area contributed by atoms with Crippen LogP contribution in [0.2, 0.25) is 0 Å². The number of carbonyl (C=O) groups excluding carboxylic acids is 2. The lowest BCUT2D eigenvalue weighted by molar-refractivity contribution is -0.132. The summed E-state index contributed by atoms with van der Waals surface area (Å²) in [6.07, 6.45) is 0. The molecule has 1 aliphatic heterocycles. The van der Waals surface area contributed by atoms with Gasteiger partial charge < -0.3 is 9.84 Å². The standard InChI is InChI=1S/C30H28N2O4S/c1-5-36-21-16-12-19(13-17-21)26(33)24-25(18-10-14-20(15-11-18)30(2,3)4)32(28(35)27(24)34)29-31-22-8-6-7-9-23(22)37-29/h6-17,25,33H,5H2,1-4H3/b26-24+. The number of ketones is 1. The summed E-state index contributed by atoms with van der Waals surface area (Å²) in [7, 11) is 0. The number of para-hydroxylation sites is 1. The third kappa shape index (κ3) is 4.51. The SMILES string of the molecule is CCOc1ccc(/C(O)=C2\C(=O)C(=O)N(c3nc4ccccc4s3)C2c2ccc(C(C)(C)C)cc2)cc1. The van der Waals surface area contributed by atoms with Gasteiger partial charge in [0.2, 0.25) is 0 Å². The van der Waals surface area contributed by atoms with Crippen LogP contribution < -0.4 is 9.64 Å². The lowest BCUT2D eigenvalue weighted by Gasteiger charge is -2.24. The molecule has 37 heavy (non-hydrogen) atoms. The smallest absolute Gasteiger partial charge is 0.301 e. The van der Waals surface area contributed by atoms with Gasteiger partial charge in [-0.05, 0) is 59.9 Å². The number of aromatic nitrogens is 1. The molecule has 1 fully saturated rings. The molecule has 4 aromatic rings. The lowest BCUT2D eigenvalue weighted by Crippen LogP contribution is -2.29.